The Hall–Kier alpha value is -2.94. The minimum absolute atomic E-state index is 0. The van der Waals surface area contributed by atoms with Gasteiger partial charge in [-0.05, 0) is 41.8 Å². The summed E-state index contributed by atoms with van der Waals surface area (Å²) in [6.07, 6.45) is 5.41. The molecule has 6 nitrogen and oxygen atoms in total. The van der Waals surface area contributed by atoms with Gasteiger partial charge in [-0.3, -0.25) is 0 Å². The second kappa shape index (κ2) is 12.2. The summed E-state index contributed by atoms with van der Waals surface area (Å²) in [7, 11) is 1.71. The summed E-state index contributed by atoms with van der Waals surface area (Å²) in [5.74, 6) is 2.64. The van der Waals surface area contributed by atoms with E-state index in [1.54, 1.807) is 13.4 Å². The Morgan fingerprint density at radius 2 is 1.78 bits per heavy atom. The molecule has 0 radical (unpaired) electrons. The van der Waals surface area contributed by atoms with E-state index in [4.69, 9.17) is 14.1 Å². The first kappa shape index (κ1) is 23.7. The fraction of sp³-hybridized carbons (Fsp3) is 0.240. The Morgan fingerprint density at radius 3 is 2.53 bits per heavy atom. The molecule has 3 N–H and O–H groups in total. The second-order valence-electron chi connectivity index (χ2n) is 7.28. The van der Waals surface area contributed by atoms with Gasteiger partial charge in [-0.15, -0.1) is 24.0 Å². The third-order valence-corrected chi connectivity index (χ3v) is 5.16. The average molecular weight is 544 g/mol. The zero-order valence-electron chi connectivity index (χ0n) is 18.1. The first-order chi connectivity index (χ1) is 15.3. The Kier molecular flexibility index (Phi) is 9.03. The first-order valence-corrected chi connectivity index (χ1v) is 10.5. The van der Waals surface area contributed by atoms with Crippen molar-refractivity contribution in [2.45, 2.75) is 19.4 Å². The van der Waals surface area contributed by atoms with Crippen LogP contribution in [0.4, 0.5) is 0 Å². The molecule has 2 aromatic heterocycles. The van der Waals surface area contributed by atoms with Gasteiger partial charge in [-0.2, -0.15) is 0 Å². The summed E-state index contributed by atoms with van der Waals surface area (Å²) in [6, 6.07) is 20.2. The predicted octanol–water partition coefficient (Wildman–Crippen LogP) is 4.91. The van der Waals surface area contributed by atoms with Gasteiger partial charge >= 0.3 is 0 Å². The van der Waals surface area contributed by atoms with Crippen molar-refractivity contribution in [3.63, 3.8) is 0 Å². The molecule has 7 heteroatoms. The average Bonchev–Trinajstić information content (AvgIpc) is 3.48. The molecule has 2 heterocycles. The molecule has 4 rings (SSSR count). The van der Waals surface area contributed by atoms with Crippen LogP contribution in [0.25, 0.3) is 10.9 Å². The number of rotatable bonds is 9. The molecule has 0 saturated heterocycles. The molecule has 0 spiro atoms. The minimum atomic E-state index is 0. The number of ether oxygens (including phenoxy) is 1. The molecule has 0 aliphatic heterocycles. The summed E-state index contributed by atoms with van der Waals surface area (Å²) >= 11 is 0. The van der Waals surface area contributed by atoms with E-state index in [0.29, 0.717) is 6.54 Å². The molecule has 0 amide bonds. The van der Waals surface area contributed by atoms with E-state index in [1.165, 1.54) is 11.1 Å². The van der Waals surface area contributed by atoms with Crippen LogP contribution in [-0.2, 0) is 19.4 Å². The van der Waals surface area contributed by atoms with Crippen molar-refractivity contribution >= 4 is 40.8 Å². The lowest BCUT2D eigenvalue weighted by Crippen LogP contribution is -2.39. The minimum Gasteiger partial charge on any atom is -0.496 e. The first-order valence-electron chi connectivity index (χ1n) is 10.5. The highest BCUT2D eigenvalue weighted by Crippen LogP contribution is 2.28. The standard InChI is InChI=1S/C25H28N4O2.HI/c1-30-23-11-5-10-22-24(23)20(18-28-22)12-14-26-25(27-15-13-21-9-6-16-31-21)29-17-19-7-3-2-4-8-19;/h2-11,16,18,28H,12-15,17H2,1H3,(H2,26,27,29);1H. The molecule has 2 aromatic carbocycles. The predicted molar refractivity (Wildman–Crippen MR) is 140 cm³/mol. The molecule has 4 aromatic rings. The molecule has 32 heavy (non-hydrogen) atoms. The highest BCUT2D eigenvalue weighted by Gasteiger charge is 2.09. The van der Waals surface area contributed by atoms with Gasteiger partial charge in [0.2, 0.25) is 0 Å². The van der Waals surface area contributed by atoms with Crippen LogP contribution in [0.3, 0.4) is 0 Å². The van der Waals surface area contributed by atoms with E-state index >= 15 is 0 Å². The quantitative estimate of drug-likeness (QED) is 0.159. The van der Waals surface area contributed by atoms with Crippen LogP contribution < -0.4 is 15.4 Å². The number of hydrogen-bond donors (Lipinski definition) is 3. The van der Waals surface area contributed by atoms with E-state index in [9.17, 15) is 0 Å². The number of H-pyrrole nitrogens is 1. The van der Waals surface area contributed by atoms with Gasteiger partial charge in [-0.1, -0.05) is 36.4 Å². The Bertz CT molecular complexity index is 1110. The summed E-state index contributed by atoms with van der Waals surface area (Å²) in [5.41, 5.74) is 3.48. The molecule has 0 unspecified atom stereocenters. The number of methoxy groups -OCH3 is 1. The fourth-order valence-electron chi connectivity index (χ4n) is 3.59. The second-order valence-corrected chi connectivity index (χ2v) is 7.28. The number of fused-ring (bicyclic) bond motifs is 1. The maximum atomic E-state index is 5.54. The number of furan rings is 1. The zero-order chi connectivity index (χ0) is 21.3. The van der Waals surface area contributed by atoms with Crippen molar-refractivity contribution in [3.8, 4) is 5.75 Å². The lowest BCUT2D eigenvalue weighted by molar-refractivity contribution is 0.419. The molecule has 168 valence electrons. The molecule has 0 aliphatic carbocycles. The fourth-order valence-corrected chi connectivity index (χ4v) is 3.59. The van der Waals surface area contributed by atoms with Gasteiger partial charge in [0.25, 0.3) is 0 Å². The van der Waals surface area contributed by atoms with E-state index in [2.05, 4.69) is 40.0 Å². The smallest absolute Gasteiger partial charge is 0.191 e. The molecule has 0 aliphatic rings. The topological polar surface area (TPSA) is 74.6 Å². The molecule has 0 atom stereocenters. The van der Waals surface area contributed by atoms with Crippen molar-refractivity contribution in [3.05, 3.63) is 90.0 Å². The maximum Gasteiger partial charge on any atom is 0.191 e. The third-order valence-electron chi connectivity index (χ3n) is 5.16. The van der Waals surface area contributed by atoms with Crippen LogP contribution in [0.15, 0.2) is 82.5 Å². The van der Waals surface area contributed by atoms with E-state index in [0.717, 1.165) is 54.3 Å². The van der Waals surface area contributed by atoms with Gasteiger partial charge < -0.3 is 24.8 Å². The van der Waals surface area contributed by atoms with Crippen molar-refractivity contribution in [1.29, 1.82) is 0 Å². The largest absolute Gasteiger partial charge is 0.496 e. The van der Waals surface area contributed by atoms with E-state index in [1.807, 2.05) is 42.5 Å². The lowest BCUT2D eigenvalue weighted by atomic mass is 10.1. The maximum absolute atomic E-state index is 5.54. The van der Waals surface area contributed by atoms with Crippen LogP contribution in [0.2, 0.25) is 0 Å². The van der Waals surface area contributed by atoms with Crippen molar-refractivity contribution in [2.24, 2.45) is 4.99 Å². The van der Waals surface area contributed by atoms with Crippen molar-refractivity contribution in [1.82, 2.24) is 15.6 Å². The molecular formula is C25H29IN4O2. The monoisotopic (exact) mass is 544 g/mol. The molecule has 0 saturated carbocycles. The van der Waals surface area contributed by atoms with Crippen LogP contribution in [0, 0.1) is 0 Å². The van der Waals surface area contributed by atoms with Crippen LogP contribution in [-0.4, -0.2) is 31.1 Å². The number of nitrogens with one attached hydrogen (secondary N) is 3. The van der Waals surface area contributed by atoms with Crippen LogP contribution >= 0.6 is 24.0 Å². The number of aromatic nitrogens is 1. The third kappa shape index (κ3) is 6.29. The zero-order valence-corrected chi connectivity index (χ0v) is 20.5. The number of hydrogen-bond acceptors (Lipinski definition) is 3. The highest BCUT2D eigenvalue weighted by molar-refractivity contribution is 14.0. The summed E-state index contributed by atoms with van der Waals surface area (Å²) < 4.78 is 11.0. The van der Waals surface area contributed by atoms with Crippen molar-refractivity contribution in [2.75, 3.05) is 20.2 Å². The number of aliphatic imine (C=N–C) groups is 1. The number of halogens is 1. The lowest BCUT2D eigenvalue weighted by Gasteiger charge is -2.12. The Balaban J connectivity index is 0.00000289. The summed E-state index contributed by atoms with van der Waals surface area (Å²) in [6.45, 7) is 2.12. The van der Waals surface area contributed by atoms with Gasteiger partial charge in [0.15, 0.2) is 5.96 Å². The Morgan fingerprint density at radius 1 is 0.969 bits per heavy atom. The van der Waals surface area contributed by atoms with Gasteiger partial charge in [0.05, 0.1) is 19.9 Å². The van der Waals surface area contributed by atoms with Gasteiger partial charge in [-0.25, -0.2) is 4.99 Å². The SMILES string of the molecule is COc1cccc2[nH]cc(CCNC(=NCc3ccccc3)NCCc3ccco3)c12.I. The van der Waals surface area contributed by atoms with Gasteiger partial charge in [0.1, 0.15) is 11.5 Å². The molecule has 0 bridgehead atoms. The van der Waals surface area contributed by atoms with Crippen LogP contribution in [0.1, 0.15) is 16.9 Å². The summed E-state index contributed by atoms with van der Waals surface area (Å²) in [4.78, 5) is 8.09. The molecular weight excluding hydrogens is 515 g/mol. The Labute approximate surface area is 205 Å². The van der Waals surface area contributed by atoms with Crippen LogP contribution in [0.5, 0.6) is 5.75 Å². The number of benzene rings is 2. The highest BCUT2D eigenvalue weighted by atomic mass is 127. The molecule has 0 fully saturated rings. The summed E-state index contributed by atoms with van der Waals surface area (Å²) in [5, 5.41) is 8.02. The normalized spacial score (nSPS) is 11.2. The number of guanidine groups is 1. The number of nitrogens with zero attached hydrogens (tertiary/aromatic N) is 1. The van der Waals surface area contributed by atoms with E-state index < -0.39 is 0 Å². The number of aromatic amines is 1. The van der Waals surface area contributed by atoms with Gasteiger partial charge in [0, 0.05) is 36.6 Å². The van der Waals surface area contributed by atoms with Crippen molar-refractivity contribution < 1.29 is 9.15 Å². The van der Waals surface area contributed by atoms with E-state index in [-0.39, 0.29) is 24.0 Å².